The summed E-state index contributed by atoms with van der Waals surface area (Å²) < 4.78 is 18.0. The number of nitrogens with one attached hydrogen (secondary N) is 2. The van der Waals surface area contributed by atoms with Crippen molar-refractivity contribution in [3.63, 3.8) is 0 Å². The average Bonchev–Trinajstić information content (AvgIpc) is 3.26. The Morgan fingerprint density at radius 2 is 1.93 bits per heavy atom. The molecule has 0 aliphatic rings. The molecule has 0 aliphatic heterocycles. The van der Waals surface area contributed by atoms with Crippen molar-refractivity contribution in [2.75, 3.05) is 26.1 Å². The third-order valence-corrected chi connectivity index (χ3v) is 4.14. The summed E-state index contributed by atoms with van der Waals surface area (Å²) in [6.45, 7) is 1.49. The number of methoxy groups -OCH3 is 2. The zero-order chi connectivity index (χ0) is 20.5. The van der Waals surface area contributed by atoms with Gasteiger partial charge in [-0.05, 0) is 35.9 Å². The summed E-state index contributed by atoms with van der Waals surface area (Å²) in [5, 5.41) is 9.75. The molecule has 1 aromatic heterocycles. The molecule has 1 heterocycles. The number of carbonyl (C=O) groups excluding carboxylic acids is 1. The van der Waals surface area contributed by atoms with E-state index in [9.17, 15) is 4.79 Å². The van der Waals surface area contributed by atoms with Crippen LogP contribution in [0.25, 0.3) is 0 Å². The molecule has 152 valence electrons. The van der Waals surface area contributed by atoms with Crippen molar-refractivity contribution >= 4 is 11.7 Å². The second-order valence-electron chi connectivity index (χ2n) is 6.14. The first kappa shape index (κ1) is 20.1. The molecule has 3 aromatic rings. The number of anilines is 1. The highest BCUT2D eigenvalue weighted by molar-refractivity contribution is 5.89. The molecule has 0 unspecified atom stereocenters. The summed E-state index contributed by atoms with van der Waals surface area (Å²) >= 11 is 0. The van der Waals surface area contributed by atoms with Crippen LogP contribution in [0.4, 0.5) is 10.5 Å². The van der Waals surface area contributed by atoms with Crippen LogP contribution in [-0.2, 0) is 13.1 Å². The Morgan fingerprint density at radius 3 is 2.69 bits per heavy atom. The van der Waals surface area contributed by atoms with E-state index in [-0.39, 0.29) is 6.03 Å². The molecule has 0 bridgehead atoms. The lowest BCUT2D eigenvalue weighted by atomic mass is 10.2. The molecule has 0 radical (unpaired) electrons. The fraction of sp³-hybridized carbons (Fsp3) is 0.238. The fourth-order valence-electron chi connectivity index (χ4n) is 2.70. The highest BCUT2D eigenvalue weighted by Crippen LogP contribution is 2.27. The number of nitrogens with zero attached hydrogens (tertiary/aromatic N) is 2. The van der Waals surface area contributed by atoms with Crippen LogP contribution in [0.15, 0.2) is 60.9 Å². The molecular weight excluding hydrogens is 372 g/mol. The highest BCUT2D eigenvalue weighted by atomic mass is 16.5. The lowest BCUT2D eigenvalue weighted by molar-refractivity contribution is 0.251. The third-order valence-electron chi connectivity index (χ3n) is 4.14. The minimum absolute atomic E-state index is 0.312. The number of hydrogen-bond acceptors (Lipinski definition) is 5. The summed E-state index contributed by atoms with van der Waals surface area (Å²) in [6.07, 6.45) is 3.61. The first-order chi connectivity index (χ1) is 14.2. The normalized spacial score (nSPS) is 10.3. The Morgan fingerprint density at radius 1 is 1.07 bits per heavy atom. The SMILES string of the molecule is COc1ccc(CNC(=O)Nc2cccc(OCCn3cccn3)c2)cc1OC. The van der Waals surface area contributed by atoms with Crippen LogP contribution in [0.2, 0.25) is 0 Å². The van der Waals surface area contributed by atoms with Crippen LogP contribution >= 0.6 is 0 Å². The largest absolute Gasteiger partial charge is 0.493 e. The number of urea groups is 1. The quantitative estimate of drug-likeness (QED) is 0.580. The van der Waals surface area contributed by atoms with E-state index in [1.807, 2.05) is 36.5 Å². The zero-order valence-electron chi connectivity index (χ0n) is 16.4. The maximum atomic E-state index is 12.2. The average molecular weight is 396 g/mol. The minimum Gasteiger partial charge on any atom is -0.493 e. The molecule has 0 fully saturated rings. The maximum Gasteiger partial charge on any atom is 0.319 e. The van der Waals surface area contributed by atoms with Crippen LogP contribution < -0.4 is 24.8 Å². The predicted molar refractivity (Wildman–Crippen MR) is 110 cm³/mol. The molecule has 8 heteroatoms. The van der Waals surface area contributed by atoms with Gasteiger partial charge in [-0.2, -0.15) is 5.10 Å². The van der Waals surface area contributed by atoms with Gasteiger partial charge in [0.2, 0.25) is 0 Å². The van der Waals surface area contributed by atoms with E-state index in [1.165, 1.54) is 0 Å². The van der Waals surface area contributed by atoms with Gasteiger partial charge in [0.1, 0.15) is 12.4 Å². The van der Waals surface area contributed by atoms with Gasteiger partial charge in [0.25, 0.3) is 0 Å². The van der Waals surface area contributed by atoms with E-state index < -0.39 is 0 Å². The van der Waals surface area contributed by atoms with Crippen molar-refractivity contribution in [1.82, 2.24) is 15.1 Å². The van der Waals surface area contributed by atoms with Gasteiger partial charge in [0, 0.05) is 30.7 Å². The summed E-state index contributed by atoms with van der Waals surface area (Å²) in [5.74, 6) is 1.94. The monoisotopic (exact) mass is 396 g/mol. The fourth-order valence-corrected chi connectivity index (χ4v) is 2.70. The number of rotatable bonds is 9. The summed E-state index contributed by atoms with van der Waals surface area (Å²) in [6, 6.07) is 14.3. The van der Waals surface area contributed by atoms with Crippen LogP contribution in [0, 0.1) is 0 Å². The Balaban J connectivity index is 1.49. The first-order valence-corrected chi connectivity index (χ1v) is 9.14. The van der Waals surface area contributed by atoms with Gasteiger partial charge < -0.3 is 24.8 Å². The Hall–Kier alpha value is -3.68. The predicted octanol–water partition coefficient (Wildman–Crippen LogP) is 3.30. The number of carbonyl (C=O) groups is 1. The standard InChI is InChI=1S/C21H24N4O4/c1-27-19-8-7-16(13-20(19)28-2)15-22-21(26)24-17-5-3-6-18(14-17)29-12-11-25-10-4-9-23-25/h3-10,13-14H,11-12,15H2,1-2H3,(H2,22,24,26). The van der Waals surface area contributed by atoms with Crippen LogP contribution in [0.5, 0.6) is 17.2 Å². The van der Waals surface area contributed by atoms with E-state index in [2.05, 4.69) is 15.7 Å². The molecule has 29 heavy (non-hydrogen) atoms. The van der Waals surface area contributed by atoms with E-state index in [4.69, 9.17) is 14.2 Å². The number of amides is 2. The molecule has 0 saturated heterocycles. The molecular formula is C21H24N4O4. The first-order valence-electron chi connectivity index (χ1n) is 9.14. The minimum atomic E-state index is -0.312. The number of hydrogen-bond donors (Lipinski definition) is 2. The number of aromatic nitrogens is 2. The molecule has 0 spiro atoms. The molecule has 0 atom stereocenters. The molecule has 3 rings (SSSR count). The van der Waals surface area contributed by atoms with Gasteiger partial charge in [-0.3, -0.25) is 4.68 Å². The number of benzene rings is 2. The summed E-state index contributed by atoms with van der Waals surface area (Å²) in [4.78, 5) is 12.2. The van der Waals surface area contributed by atoms with Gasteiger partial charge in [-0.15, -0.1) is 0 Å². The molecule has 0 saturated carbocycles. The van der Waals surface area contributed by atoms with Crippen LogP contribution in [0.1, 0.15) is 5.56 Å². The van der Waals surface area contributed by atoms with Crippen molar-refractivity contribution in [3.05, 3.63) is 66.5 Å². The molecule has 8 nitrogen and oxygen atoms in total. The maximum absolute atomic E-state index is 12.2. The molecule has 2 aromatic carbocycles. The smallest absolute Gasteiger partial charge is 0.319 e. The van der Waals surface area contributed by atoms with Crippen LogP contribution in [-0.4, -0.2) is 36.6 Å². The van der Waals surface area contributed by atoms with E-state index >= 15 is 0 Å². The van der Waals surface area contributed by atoms with Gasteiger partial charge in [0.05, 0.1) is 20.8 Å². The van der Waals surface area contributed by atoms with E-state index in [1.54, 1.807) is 43.3 Å². The third kappa shape index (κ3) is 5.90. The van der Waals surface area contributed by atoms with Gasteiger partial charge in [0.15, 0.2) is 11.5 Å². The van der Waals surface area contributed by atoms with Gasteiger partial charge >= 0.3 is 6.03 Å². The second-order valence-corrected chi connectivity index (χ2v) is 6.14. The topological polar surface area (TPSA) is 86.6 Å². The van der Waals surface area contributed by atoms with Crippen molar-refractivity contribution in [2.24, 2.45) is 0 Å². The molecule has 0 aliphatic carbocycles. The summed E-state index contributed by atoms with van der Waals surface area (Å²) in [5.41, 5.74) is 1.54. The highest BCUT2D eigenvalue weighted by Gasteiger charge is 2.07. The second kappa shape index (κ2) is 10.0. The van der Waals surface area contributed by atoms with E-state index in [0.717, 1.165) is 5.56 Å². The van der Waals surface area contributed by atoms with Crippen molar-refractivity contribution < 1.29 is 19.0 Å². The number of ether oxygens (including phenoxy) is 3. The Kier molecular flexibility index (Phi) is 6.94. The lowest BCUT2D eigenvalue weighted by Crippen LogP contribution is -2.28. The van der Waals surface area contributed by atoms with Gasteiger partial charge in [-0.25, -0.2) is 4.79 Å². The van der Waals surface area contributed by atoms with Crippen molar-refractivity contribution in [2.45, 2.75) is 13.1 Å². The van der Waals surface area contributed by atoms with Crippen LogP contribution in [0.3, 0.4) is 0 Å². The Bertz CT molecular complexity index is 928. The molecule has 2 N–H and O–H groups in total. The van der Waals surface area contributed by atoms with E-state index in [0.29, 0.717) is 42.6 Å². The molecule has 2 amide bonds. The van der Waals surface area contributed by atoms with Crippen molar-refractivity contribution in [3.8, 4) is 17.2 Å². The zero-order valence-corrected chi connectivity index (χ0v) is 16.4. The van der Waals surface area contributed by atoms with Crippen molar-refractivity contribution in [1.29, 1.82) is 0 Å². The lowest BCUT2D eigenvalue weighted by Gasteiger charge is -2.12. The van der Waals surface area contributed by atoms with Gasteiger partial charge in [-0.1, -0.05) is 12.1 Å². The summed E-state index contributed by atoms with van der Waals surface area (Å²) in [7, 11) is 3.16. The Labute approximate surface area is 169 Å².